The molecule has 0 aliphatic rings. The second-order valence-corrected chi connectivity index (χ2v) is 2.15. The number of hydrogen-bond acceptors (Lipinski definition) is 5. The molecule has 5 nitrogen and oxygen atoms in total. The molecule has 0 fully saturated rings. The van der Waals surface area contributed by atoms with Gasteiger partial charge in [0.15, 0.2) is 11.5 Å². The predicted octanol–water partition coefficient (Wildman–Crippen LogP) is 0.386. The molecule has 5 N–H and O–H groups in total. The molecule has 5 heteroatoms. The smallest absolute Gasteiger partial charge is 0.254 e. The van der Waals surface area contributed by atoms with E-state index in [1.807, 2.05) is 0 Å². The van der Waals surface area contributed by atoms with Crippen molar-refractivity contribution >= 4 is 0 Å². The first-order valence-corrected chi connectivity index (χ1v) is 3.03. The van der Waals surface area contributed by atoms with E-state index in [1.165, 1.54) is 0 Å². The molecule has 0 aliphatic carbocycles. The zero-order chi connectivity index (χ0) is 9.30. The Bertz CT molecular complexity index is 294. The van der Waals surface area contributed by atoms with E-state index in [1.54, 1.807) is 0 Å². The van der Waals surface area contributed by atoms with Crippen molar-refractivity contribution < 1.29 is 25.5 Å². The first-order valence-electron chi connectivity index (χ1n) is 3.03. The Morgan fingerprint density at radius 2 is 1.50 bits per heavy atom. The van der Waals surface area contributed by atoms with Crippen LogP contribution in [-0.4, -0.2) is 25.5 Å². The zero-order valence-corrected chi connectivity index (χ0v) is 5.89. The standard InChI is InChI=1S/C7H7O5/c8-4-2-1-3(7(11)12)5(9)6(4)10/h1-2,8-12H. The van der Waals surface area contributed by atoms with Gasteiger partial charge in [0.25, 0.3) is 6.29 Å². The van der Waals surface area contributed by atoms with E-state index in [2.05, 4.69) is 0 Å². The van der Waals surface area contributed by atoms with Gasteiger partial charge in [-0.05, 0) is 12.1 Å². The third-order valence-electron chi connectivity index (χ3n) is 1.37. The summed E-state index contributed by atoms with van der Waals surface area (Å²) in [5, 5.41) is 43.8. The van der Waals surface area contributed by atoms with Gasteiger partial charge in [0.05, 0.1) is 5.56 Å². The second kappa shape index (κ2) is 2.88. The molecule has 1 aromatic rings. The summed E-state index contributed by atoms with van der Waals surface area (Å²) in [6, 6.07) is 2.08. The molecule has 0 saturated heterocycles. The number of aromatic hydroxyl groups is 3. The molecule has 0 unspecified atom stereocenters. The maximum Gasteiger partial charge on any atom is 0.254 e. The first kappa shape index (κ1) is 8.63. The van der Waals surface area contributed by atoms with Crippen LogP contribution < -0.4 is 0 Å². The van der Waals surface area contributed by atoms with E-state index in [9.17, 15) is 0 Å². The van der Waals surface area contributed by atoms with Crippen LogP contribution in [0.5, 0.6) is 17.2 Å². The predicted molar refractivity (Wildman–Crippen MR) is 37.7 cm³/mol. The van der Waals surface area contributed by atoms with E-state index in [-0.39, 0.29) is 5.56 Å². The van der Waals surface area contributed by atoms with Crippen molar-refractivity contribution in [1.29, 1.82) is 0 Å². The topological polar surface area (TPSA) is 101 Å². The van der Waals surface area contributed by atoms with Crippen LogP contribution in [0.3, 0.4) is 0 Å². The van der Waals surface area contributed by atoms with Crippen molar-refractivity contribution in [2.45, 2.75) is 0 Å². The second-order valence-electron chi connectivity index (χ2n) is 2.15. The highest BCUT2D eigenvalue weighted by Crippen LogP contribution is 2.38. The maximum atomic E-state index is 9.00. The number of aliphatic hydroxyl groups excluding tert-OH is 1. The van der Waals surface area contributed by atoms with E-state index in [0.717, 1.165) is 12.1 Å². The minimum absolute atomic E-state index is 0.342. The van der Waals surface area contributed by atoms with Crippen molar-refractivity contribution in [2.24, 2.45) is 0 Å². The van der Waals surface area contributed by atoms with Crippen molar-refractivity contribution in [2.75, 3.05) is 0 Å². The molecule has 1 rings (SSSR count). The lowest BCUT2D eigenvalue weighted by atomic mass is 10.1. The van der Waals surface area contributed by atoms with Gasteiger partial charge < -0.3 is 25.5 Å². The van der Waals surface area contributed by atoms with E-state index in [0.29, 0.717) is 0 Å². The minimum Gasteiger partial charge on any atom is -0.504 e. The summed E-state index contributed by atoms with van der Waals surface area (Å²) in [7, 11) is 0. The minimum atomic E-state index is -1.12. The number of phenols is 3. The van der Waals surface area contributed by atoms with Gasteiger partial charge >= 0.3 is 0 Å². The van der Waals surface area contributed by atoms with Crippen LogP contribution in [0.1, 0.15) is 5.56 Å². The number of benzene rings is 1. The molecular formula is C7H7O5. The van der Waals surface area contributed by atoms with Crippen LogP contribution in [0.15, 0.2) is 12.1 Å². The van der Waals surface area contributed by atoms with Gasteiger partial charge in [0.2, 0.25) is 5.75 Å². The van der Waals surface area contributed by atoms with Crippen molar-refractivity contribution in [3.63, 3.8) is 0 Å². The van der Waals surface area contributed by atoms with Crippen LogP contribution >= 0.6 is 0 Å². The number of rotatable bonds is 1. The fourth-order valence-corrected chi connectivity index (χ4v) is 0.749. The number of phenolic OH excluding ortho intramolecular Hbond substituents is 3. The van der Waals surface area contributed by atoms with Gasteiger partial charge in [0.1, 0.15) is 0 Å². The number of hydrogen-bond donors (Lipinski definition) is 5. The highest BCUT2D eigenvalue weighted by Gasteiger charge is 2.16. The largest absolute Gasteiger partial charge is 0.504 e. The van der Waals surface area contributed by atoms with Crippen molar-refractivity contribution in [1.82, 2.24) is 0 Å². The lowest BCUT2D eigenvalue weighted by Crippen LogP contribution is -1.95. The highest BCUT2D eigenvalue weighted by atomic mass is 16.5. The summed E-state index contributed by atoms with van der Waals surface area (Å²) in [6.45, 7) is 0. The quantitative estimate of drug-likeness (QED) is 0.393. The Labute approximate surface area is 67.8 Å². The molecule has 0 aromatic heterocycles. The molecule has 0 amide bonds. The molecule has 65 valence electrons. The first-order chi connectivity index (χ1) is 5.54. The van der Waals surface area contributed by atoms with Crippen molar-refractivity contribution in [3.05, 3.63) is 24.0 Å². The third-order valence-corrected chi connectivity index (χ3v) is 1.37. The monoisotopic (exact) mass is 171 g/mol. The Morgan fingerprint density at radius 1 is 0.917 bits per heavy atom. The Morgan fingerprint density at radius 3 is 2.00 bits per heavy atom. The molecule has 0 bridgehead atoms. The van der Waals surface area contributed by atoms with Gasteiger partial charge in [-0.25, -0.2) is 0 Å². The van der Waals surface area contributed by atoms with Gasteiger partial charge in [-0.15, -0.1) is 0 Å². The molecule has 1 radical (unpaired) electrons. The van der Waals surface area contributed by atoms with Crippen molar-refractivity contribution in [3.8, 4) is 17.2 Å². The lowest BCUT2D eigenvalue weighted by Gasteiger charge is -2.06. The summed E-state index contributed by atoms with van der Waals surface area (Å²) in [5.41, 5.74) is -0.342. The maximum absolute atomic E-state index is 9.00. The summed E-state index contributed by atoms with van der Waals surface area (Å²) in [5.74, 6) is -2.08. The van der Waals surface area contributed by atoms with Crippen LogP contribution in [0, 0.1) is 6.29 Å². The Hall–Kier alpha value is -1.46. The molecule has 12 heavy (non-hydrogen) atoms. The molecule has 0 aliphatic heterocycles. The molecule has 0 heterocycles. The van der Waals surface area contributed by atoms with Gasteiger partial charge in [-0.2, -0.15) is 0 Å². The molecular weight excluding hydrogens is 164 g/mol. The SMILES string of the molecule is O[C](O)c1ccc(O)c(O)c1O. The van der Waals surface area contributed by atoms with Gasteiger partial charge in [-0.1, -0.05) is 0 Å². The van der Waals surface area contributed by atoms with Gasteiger partial charge in [0, 0.05) is 0 Å². The fourth-order valence-electron chi connectivity index (χ4n) is 0.749. The Kier molecular flexibility index (Phi) is 2.07. The summed E-state index contributed by atoms with van der Waals surface area (Å²) in [4.78, 5) is 0. The summed E-state index contributed by atoms with van der Waals surface area (Å²) < 4.78 is 0. The normalized spacial score (nSPS) is 10.6. The Balaban J connectivity index is 3.27. The number of aliphatic hydroxyl groups is 2. The van der Waals surface area contributed by atoms with Crippen LogP contribution in [0.2, 0.25) is 0 Å². The lowest BCUT2D eigenvalue weighted by molar-refractivity contribution is 0.107. The third kappa shape index (κ3) is 1.27. The van der Waals surface area contributed by atoms with Gasteiger partial charge in [-0.3, -0.25) is 0 Å². The summed E-state index contributed by atoms with van der Waals surface area (Å²) >= 11 is 0. The summed E-state index contributed by atoms with van der Waals surface area (Å²) in [6.07, 6.45) is -1.12. The van der Waals surface area contributed by atoms with Crippen LogP contribution in [-0.2, 0) is 0 Å². The average Bonchev–Trinajstić information content (AvgIpc) is 2.00. The zero-order valence-electron chi connectivity index (χ0n) is 5.89. The molecule has 1 aromatic carbocycles. The van der Waals surface area contributed by atoms with E-state index >= 15 is 0 Å². The molecule has 0 atom stereocenters. The molecule has 0 saturated carbocycles. The fraction of sp³-hybridized carbons (Fsp3) is 0. The highest BCUT2D eigenvalue weighted by molar-refractivity contribution is 5.55. The van der Waals surface area contributed by atoms with Crippen LogP contribution in [0.25, 0.3) is 0 Å². The van der Waals surface area contributed by atoms with Crippen LogP contribution in [0.4, 0.5) is 0 Å². The molecule has 0 spiro atoms. The van der Waals surface area contributed by atoms with E-state index < -0.39 is 23.5 Å². The average molecular weight is 171 g/mol. The van der Waals surface area contributed by atoms with E-state index in [4.69, 9.17) is 25.5 Å².